The van der Waals surface area contributed by atoms with E-state index in [1.165, 1.54) is 44.2 Å². The number of nitrogens with one attached hydrogen (secondary N) is 1. The van der Waals surface area contributed by atoms with Gasteiger partial charge in [0.05, 0.1) is 0 Å². The number of hydrogen-bond donors (Lipinski definition) is 1. The molecule has 2 fully saturated rings. The molecule has 1 N–H and O–H groups in total. The topological polar surface area (TPSA) is 52.7 Å². The fourth-order valence-electron chi connectivity index (χ4n) is 4.52. The average Bonchev–Trinajstić information content (AvgIpc) is 2.98. The van der Waals surface area contributed by atoms with E-state index in [4.69, 9.17) is 0 Å². The van der Waals surface area contributed by atoms with Crippen LogP contribution >= 0.6 is 0 Å². The number of benzene rings is 1. The normalized spacial score (nSPS) is 18.9. The van der Waals surface area contributed by atoms with Gasteiger partial charge in [0, 0.05) is 50.4 Å². The van der Waals surface area contributed by atoms with E-state index in [0.29, 0.717) is 19.0 Å². The second-order valence-electron chi connectivity index (χ2n) is 8.86. The summed E-state index contributed by atoms with van der Waals surface area (Å²) in [5.74, 6) is 0.844. The quantitative estimate of drug-likeness (QED) is 0.716. The largest absolute Gasteiger partial charge is 0.372 e. The smallest absolute Gasteiger partial charge is 0.223 e. The Bertz CT molecular complexity index is 657. The summed E-state index contributed by atoms with van der Waals surface area (Å²) < 4.78 is 0. The van der Waals surface area contributed by atoms with E-state index < -0.39 is 0 Å². The van der Waals surface area contributed by atoms with Gasteiger partial charge in [-0.3, -0.25) is 9.59 Å². The van der Waals surface area contributed by atoms with Crippen LogP contribution in [0.15, 0.2) is 24.3 Å². The second-order valence-corrected chi connectivity index (χ2v) is 8.86. The zero-order chi connectivity index (χ0) is 20.6. The molecule has 1 aliphatic carbocycles. The monoisotopic (exact) mass is 399 g/mol. The van der Waals surface area contributed by atoms with Crippen molar-refractivity contribution in [3.8, 4) is 0 Å². The zero-order valence-electron chi connectivity index (χ0n) is 18.2. The third kappa shape index (κ3) is 6.48. The summed E-state index contributed by atoms with van der Waals surface area (Å²) in [6.07, 6.45) is 9.93. The van der Waals surface area contributed by atoms with Gasteiger partial charge in [0.25, 0.3) is 0 Å². The van der Waals surface area contributed by atoms with Gasteiger partial charge >= 0.3 is 0 Å². The van der Waals surface area contributed by atoms with E-state index in [1.54, 1.807) is 11.8 Å². The van der Waals surface area contributed by atoms with Gasteiger partial charge in [0.2, 0.25) is 11.8 Å². The Balaban J connectivity index is 1.53. The first kappa shape index (κ1) is 21.7. The number of anilines is 2. The highest BCUT2D eigenvalue weighted by molar-refractivity contribution is 5.92. The lowest BCUT2D eigenvalue weighted by Gasteiger charge is -2.32. The molecule has 5 nitrogen and oxygen atoms in total. The molecule has 29 heavy (non-hydrogen) atoms. The molecule has 0 bridgehead atoms. The van der Waals surface area contributed by atoms with Crippen molar-refractivity contribution in [3.05, 3.63) is 24.3 Å². The lowest BCUT2D eigenvalue weighted by Crippen LogP contribution is -2.38. The molecule has 1 aromatic rings. The van der Waals surface area contributed by atoms with Crippen molar-refractivity contribution < 1.29 is 9.59 Å². The van der Waals surface area contributed by atoms with Crippen molar-refractivity contribution in [2.24, 2.45) is 5.92 Å². The molecule has 1 aromatic carbocycles. The van der Waals surface area contributed by atoms with E-state index >= 15 is 0 Å². The van der Waals surface area contributed by atoms with E-state index in [0.717, 1.165) is 37.5 Å². The SMILES string of the molecule is CC(=O)N(CCC(=O)NC1CCCCCC1)c1ccc(N2CCC(C)CC2)cc1. The van der Waals surface area contributed by atoms with Crippen LogP contribution in [0.1, 0.15) is 71.6 Å². The molecular formula is C24H37N3O2. The minimum atomic E-state index is -0.0215. The van der Waals surface area contributed by atoms with Crippen molar-refractivity contribution in [3.63, 3.8) is 0 Å². The third-order valence-corrected chi connectivity index (χ3v) is 6.47. The second kappa shape index (κ2) is 10.7. The zero-order valence-corrected chi connectivity index (χ0v) is 18.2. The first-order valence-corrected chi connectivity index (χ1v) is 11.5. The highest BCUT2D eigenvalue weighted by Crippen LogP contribution is 2.26. The predicted molar refractivity (Wildman–Crippen MR) is 119 cm³/mol. The van der Waals surface area contributed by atoms with Crippen LogP contribution < -0.4 is 15.1 Å². The summed E-state index contributed by atoms with van der Waals surface area (Å²) in [6, 6.07) is 8.54. The summed E-state index contributed by atoms with van der Waals surface area (Å²) in [5, 5.41) is 3.18. The van der Waals surface area contributed by atoms with Crippen molar-refractivity contribution in [2.45, 2.75) is 77.7 Å². The summed E-state index contributed by atoms with van der Waals surface area (Å²) in [5.41, 5.74) is 2.09. The number of piperidine rings is 1. The molecule has 0 unspecified atom stereocenters. The Hall–Kier alpha value is -2.04. The molecule has 1 saturated heterocycles. The van der Waals surface area contributed by atoms with Crippen molar-refractivity contribution in [2.75, 3.05) is 29.4 Å². The van der Waals surface area contributed by atoms with Crippen molar-refractivity contribution in [1.29, 1.82) is 0 Å². The van der Waals surface area contributed by atoms with Crippen LogP contribution in [0.4, 0.5) is 11.4 Å². The number of carbonyl (C=O) groups is 2. The highest BCUT2D eigenvalue weighted by atomic mass is 16.2. The van der Waals surface area contributed by atoms with E-state index in [9.17, 15) is 9.59 Å². The van der Waals surface area contributed by atoms with Gasteiger partial charge in [-0.15, -0.1) is 0 Å². The molecule has 0 atom stereocenters. The standard InChI is InChI=1S/C24H37N3O2/c1-19-13-16-26(17-14-19)22-9-11-23(12-10-22)27(20(2)28)18-15-24(29)25-21-7-5-3-4-6-8-21/h9-12,19,21H,3-8,13-18H2,1-2H3,(H,25,29). The van der Waals surface area contributed by atoms with Crippen LogP contribution in [0, 0.1) is 5.92 Å². The Morgan fingerprint density at radius 1 is 1.00 bits per heavy atom. The van der Waals surface area contributed by atoms with Gasteiger partial charge in [-0.1, -0.05) is 32.6 Å². The number of rotatable bonds is 6. The summed E-state index contributed by atoms with van der Waals surface area (Å²) in [4.78, 5) is 28.7. The van der Waals surface area contributed by atoms with Crippen molar-refractivity contribution >= 4 is 23.2 Å². The van der Waals surface area contributed by atoms with Gasteiger partial charge in [-0.05, 0) is 55.9 Å². The molecule has 0 spiro atoms. The van der Waals surface area contributed by atoms with Crippen LogP contribution in [0.3, 0.4) is 0 Å². The molecule has 1 saturated carbocycles. The minimum absolute atomic E-state index is 0.0215. The molecule has 0 radical (unpaired) electrons. The fraction of sp³-hybridized carbons (Fsp3) is 0.667. The number of amides is 2. The minimum Gasteiger partial charge on any atom is -0.372 e. The average molecular weight is 400 g/mol. The fourth-order valence-corrected chi connectivity index (χ4v) is 4.52. The predicted octanol–water partition coefficient (Wildman–Crippen LogP) is 4.50. The Kier molecular flexibility index (Phi) is 7.96. The van der Waals surface area contributed by atoms with E-state index in [2.05, 4.69) is 29.3 Å². The van der Waals surface area contributed by atoms with Gasteiger partial charge in [0.15, 0.2) is 0 Å². The number of hydrogen-bond acceptors (Lipinski definition) is 3. The van der Waals surface area contributed by atoms with Gasteiger partial charge in [-0.25, -0.2) is 0 Å². The Morgan fingerprint density at radius 2 is 1.62 bits per heavy atom. The first-order chi connectivity index (χ1) is 14.0. The van der Waals surface area contributed by atoms with Crippen LogP contribution in [-0.4, -0.2) is 37.5 Å². The van der Waals surface area contributed by atoms with Crippen LogP contribution in [0.2, 0.25) is 0 Å². The molecule has 160 valence electrons. The maximum Gasteiger partial charge on any atom is 0.223 e. The number of nitrogens with zero attached hydrogens (tertiary/aromatic N) is 2. The van der Waals surface area contributed by atoms with E-state index in [1.807, 2.05) is 12.1 Å². The molecule has 0 aromatic heterocycles. The summed E-state index contributed by atoms with van der Waals surface area (Å²) in [7, 11) is 0. The van der Waals surface area contributed by atoms with Gasteiger partial charge in [-0.2, -0.15) is 0 Å². The maximum atomic E-state index is 12.4. The van der Waals surface area contributed by atoms with Gasteiger partial charge in [0.1, 0.15) is 0 Å². The van der Waals surface area contributed by atoms with Crippen molar-refractivity contribution in [1.82, 2.24) is 5.32 Å². The molecule has 2 amide bonds. The Labute approximate surface area is 175 Å². The first-order valence-electron chi connectivity index (χ1n) is 11.5. The molecular weight excluding hydrogens is 362 g/mol. The van der Waals surface area contributed by atoms with Crippen LogP contribution in [0.5, 0.6) is 0 Å². The van der Waals surface area contributed by atoms with E-state index in [-0.39, 0.29) is 11.8 Å². The maximum absolute atomic E-state index is 12.4. The molecule has 1 heterocycles. The number of carbonyl (C=O) groups excluding carboxylic acids is 2. The molecule has 1 aliphatic heterocycles. The molecule has 2 aliphatic rings. The molecule has 3 rings (SSSR count). The lowest BCUT2D eigenvalue weighted by atomic mass is 9.99. The molecule has 5 heteroatoms. The van der Waals surface area contributed by atoms with Gasteiger partial charge < -0.3 is 15.1 Å². The van der Waals surface area contributed by atoms with Crippen LogP contribution in [-0.2, 0) is 9.59 Å². The summed E-state index contributed by atoms with van der Waals surface area (Å²) in [6.45, 7) is 6.51. The Morgan fingerprint density at radius 3 is 2.21 bits per heavy atom. The summed E-state index contributed by atoms with van der Waals surface area (Å²) >= 11 is 0. The highest BCUT2D eigenvalue weighted by Gasteiger charge is 2.19. The lowest BCUT2D eigenvalue weighted by molar-refractivity contribution is -0.121. The third-order valence-electron chi connectivity index (χ3n) is 6.47. The van der Waals surface area contributed by atoms with Crippen LogP contribution in [0.25, 0.3) is 0 Å².